The van der Waals surface area contributed by atoms with Gasteiger partial charge in [-0.3, -0.25) is 4.79 Å². The summed E-state index contributed by atoms with van der Waals surface area (Å²) in [7, 11) is 0. The molecule has 0 aliphatic rings. The van der Waals surface area contributed by atoms with Gasteiger partial charge in [0.2, 0.25) is 0 Å². The summed E-state index contributed by atoms with van der Waals surface area (Å²) in [6, 6.07) is 7.58. The molecular weight excluding hydrogens is 333 g/mol. The molecule has 1 rings (SSSR count). The van der Waals surface area contributed by atoms with Gasteiger partial charge >= 0.3 is 0 Å². The van der Waals surface area contributed by atoms with Crippen LogP contribution in [0, 0.1) is 3.57 Å². The lowest BCUT2D eigenvalue weighted by Gasteiger charge is -2.08. The summed E-state index contributed by atoms with van der Waals surface area (Å²) in [4.78, 5) is 11.4. The second kappa shape index (κ2) is 8.30. The van der Waals surface area contributed by atoms with Gasteiger partial charge in [0.15, 0.2) is 6.61 Å². The predicted molar refractivity (Wildman–Crippen MR) is 74.2 cm³/mol. The Labute approximate surface area is 115 Å². The molecule has 0 aliphatic carbocycles. The number of carbonyl (C=O) groups excluding carboxylic acids is 1. The molecule has 0 aliphatic heterocycles. The van der Waals surface area contributed by atoms with Gasteiger partial charge in [-0.1, -0.05) is 12.1 Å². The average molecular weight is 349 g/mol. The van der Waals surface area contributed by atoms with E-state index < -0.39 is 0 Å². The predicted octanol–water partition coefficient (Wildman–Crippen LogP) is 1.82. The van der Waals surface area contributed by atoms with E-state index in [2.05, 4.69) is 27.9 Å². The Balaban J connectivity index is 2.22. The van der Waals surface area contributed by atoms with Crippen molar-refractivity contribution in [1.82, 2.24) is 5.32 Å². The van der Waals surface area contributed by atoms with Gasteiger partial charge in [0.1, 0.15) is 5.75 Å². The number of carbonyl (C=O) groups is 1. The first-order valence-electron chi connectivity index (χ1n) is 5.45. The second-order valence-electron chi connectivity index (χ2n) is 3.27. The number of halogens is 1. The van der Waals surface area contributed by atoms with Crippen LogP contribution in [0.2, 0.25) is 0 Å². The van der Waals surface area contributed by atoms with Crippen LogP contribution < -0.4 is 10.1 Å². The van der Waals surface area contributed by atoms with Crippen molar-refractivity contribution in [3.05, 3.63) is 27.8 Å². The fourth-order valence-electron chi connectivity index (χ4n) is 1.16. The molecule has 0 saturated carbocycles. The number of amides is 1. The molecule has 5 heteroatoms. The topological polar surface area (TPSA) is 47.6 Å². The lowest BCUT2D eigenvalue weighted by Crippen LogP contribution is -2.31. The zero-order valence-corrected chi connectivity index (χ0v) is 11.9. The number of ether oxygens (including phenoxy) is 2. The van der Waals surface area contributed by atoms with E-state index in [4.69, 9.17) is 9.47 Å². The summed E-state index contributed by atoms with van der Waals surface area (Å²) in [5, 5.41) is 2.72. The first-order valence-corrected chi connectivity index (χ1v) is 6.53. The second-order valence-corrected chi connectivity index (χ2v) is 4.43. The van der Waals surface area contributed by atoms with E-state index in [0.29, 0.717) is 19.8 Å². The van der Waals surface area contributed by atoms with Crippen molar-refractivity contribution < 1.29 is 14.3 Å². The highest BCUT2D eigenvalue weighted by Crippen LogP contribution is 2.19. The summed E-state index contributed by atoms with van der Waals surface area (Å²) >= 11 is 2.17. The Morgan fingerprint density at radius 1 is 1.41 bits per heavy atom. The maximum absolute atomic E-state index is 11.4. The smallest absolute Gasteiger partial charge is 0.258 e. The number of benzene rings is 1. The Morgan fingerprint density at radius 3 is 2.88 bits per heavy atom. The third kappa shape index (κ3) is 5.88. The summed E-state index contributed by atoms with van der Waals surface area (Å²) in [6.45, 7) is 3.66. The average Bonchev–Trinajstić information content (AvgIpc) is 2.34. The minimum atomic E-state index is -0.135. The highest BCUT2D eigenvalue weighted by atomic mass is 127. The van der Waals surface area contributed by atoms with Crippen LogP contribution in [-0.4, -0.2) is 32.3 Å². The molecule has 0 heterocycles. The maximum Gasteiger partial charge on any atom is 0.258 e. The van der Waals surface area contributed by atoms with Crippen LogP contribution in [0.4, 0.5) is 0 Å². The van der Waals surface area contributed by atoms with Crippen molar-refractivity contribution >= 4 is 28.5 Å². The van der Waals surface area contributed by atoms with E-state index >= 15 is 0 Å². The largest absolute Gasteiger partial charge is 0.483 e. The fraction of sp³-hybridized carbons (Fsp3) is 0.417. The van der Waals surface area contributed by atoms with Crippen LogP contribution in [0.1, 0.15) is 6.92 Å². The Kier molecular flexibility index (Phi) is 6.95. The number of nitrogens with one attached hydrogen (secondary N) is 1. The van der Waals surface area contributed by atoms with Gasteiger partial charge in [-0.25, -0.2) is 0 Å². The van der Waals surface area contributed by atoms with Gasteiger partial charge in [-0.05, 0) is 41.6 Å². The number of hydrogen-bond donors (Lipinski definition) is 1. The molecule has 0 aromatic heterocycles. The van der Waals surface area contributed by atoms with E-state index in [9.17, 15) is 4.79 Å². The van der Waals surface area contributed by atoms with Gasteiger partial charge in [-0.2, -0.15) is 0 Å². The lowest BCUT2D eigenvalue weighted by atomic mass is 10.3. The van der Waals surface area contributed by atoms with Crippen molar-refractivity contribution in [2.75, 3.05) is 26.4 Å². The van der Waals surface area contributed by atoms with Gasteiger partial charge in [0.25, 0.3) is 5.91 Å². The molecule has 0 bridgehead atoms. The molecule has 94 valence electrons. The number of rotatable bonds is 7. The van der Waals surface area contributed by atoms with E-state index in [-0.39, 0.29) is 12.5 Å². The van der Waals surface area contributed by atoms with Crippen molar-refractivity contribution in [2.24, 2.45) is 0 Å². The highest BCUT2D eigenvalue weighted by Gasteiger charge is 2.04. The molecule has 17 heavy (non-hydrogen) atoms. The van der Waals surface area contributed by atoms with Crippen molar-refractivity contribution in [1.29, 1.82) is 0 Å². The van der Waals surface area contributed by atoms with Crippen LogP contribution in [0.15, 0.2) is 24.3 Å². The van der Waals surface area contributed by atoms with E-state index in [1.54, 1.807) is 0 Å². The summed E-state index contributed by atoms with van der Waals surface area (Å²) < 4.78 is 11.5. The first kappa shape index (κ1) is 14.2. The van der Waals surface area contributed by atoms with Crippen LogP contribution in [0.25, 0.3) is 0 Å². The van der Waals surface area contributed by atoms with E-state index in [0.717, 1.165) is 9.32 Å². The minimum Gasteiger partial charge on any atom is -0.483 e. The molecule has 0 fully saturated rings. The number of para-hydroxylation sites is 1. The van der Waals surface area contributed by atoms with Gasteiger partial charge < -0.3 is 14.8 Å². The molecule has 4 nitrogen and oxygen atoms in total. The molecule has 1 aromatic carbocycles. The normalized spacial score (nSPS) is 10.0. The lowest BCUT2D eigenvalue weighted by molar-refractivity contribution is -0.123. The van der Waals surface area contributed by atoms with Crippen LogP contribution >= 0.6 is 22.6 Å². The third-order valence-electron chi connectivity index (χ3n) is 1.97. The van der Waals surface area contributed by atoms with Gasteiger partial charge in [0, 0.05) is 13.2 Å². The minimum absolute atomic E-state index is 0.0339. The molecule has 1 aromatic rings. The summed E-state index contributed by atoms with van der Waals surface area (Å²) in [5.41, 5.74) is 0. The van der Waals surface area contributed by atoms with Crippen LogP contribution in [0.3, 0.4) is 0 Å². The van der Waals surface area contributed by atoms with E-state index in [1.807, 2.05) is 31.2 Å². The van der Waals surface area contributed by atoms with Gasteiger partial charge in [-0.15, -0.1) is 0 Å². The van der Waals surface area contributed by atoms with Crippen molar-refractivity contribution in [2.45, 2.75) is 6.92 Å². The maximum atomic E-state index is 11.4. The molecule has 0 spiro atoms. The monoisotopic (exact) mass is 349 g/mol. The quantitative estimate of drug-likeness (QED) is 0.604. The van der Waals surface area contributed by atoms with E-state index in [1.165, 1.54) is 0 Å². The molecule has 1 N–H and O–H groups in total. The van der Waals surface area contributed by atoms with Crippen LogP contribution in [-0.2, 0) is 9.53 Å². The molecule has 0 saturated heterocycles. The Morgan fingerprint density at radius 2 is 2.18 bits per heavy atom. The molecule has 0 unspecified atom stereocenters. The van der Waals surface area contributed by atoms with Crippen molar-refractivity contribution in [3.8, 4) is 5.75 Å². The third-order valence-corrected chi connectivity index (χ3v) is 2.86. The SMILES string of the molecule is CCOCCNC(=O)COc1ccccc1I. The molecular formula is C12H16INO3. The highest BCUT2D eigenvalue weighted by molar-refractivity contribution is 14.1. The Hall–Kier alpha value is -0.820. The van der Waals surface area contributed by atoms with Crippen molar-refractivity contribution in [3.63, 3.8) is 0 Å². The van der Waals surface area contributed by atoms with Gasteiger partial charge in [0.05, 0.1) is 10.2 Å². The summed E-state index contributed by atoms with van der Waals surface area (Å²) in [5.74, 6) is 0.595. The molecule has 0 radical (unpaired) electrons. The first-order chi connectivity index (χ1) is 8.24. The van der Waals surface area contributed by atoms with Crippen LogP contribution in [0.5, 0.6) is 5.75 Å². The molecule has 0 atom stereocenters. The molecule has 1 amide bonds. The number of hydrogen-bond acceptors (Lipinski definition) is 3. The zero-order valence-electron chi connectivity index (χ0n) is 9.74. The standard InChI is InChI=1S/C12H16INO3/c1-2-16-8-7-14-12(15)9-17-11-6-4-3-5-10(11)13/h3-6H,2,7-9H2,1H3,(H,14,15). The Bertz CT molecular complexity index is 357. The fourth-order valence-corrected chi connectivity index (χ4v) is 1.71. The zero-order chi connectivity index (χ0) is 12.5. The summed E-state index contributed by atoms with van der Waals surface area (Å²) in [6.07, 6.45) is 0.